The topological polar surface area (TPSA) is 66.6 Å². The zero-order valence-electron chi connectivity index (χ0n) is 12.3. The van der Waals surface area contributed by atoms with E-state index in [-0.39, 0.29) is 0 Å². The van der Waals surface area contributed by atoms with E-state index in [4.69, 9.17) is 5.73 Å². The highest BCUT2D eigenvalue weighted by Gasteiger charge is 2.44. The van der Waals surface area contributed by atoms with Gasteiger partial charge in [0.25, 0.3) is 0 Å². The maximum absolute atomic E-state index is 11.2. The van der Waals surface area contributed by atoms with Crippen molar-refractivity contribution >= 4 is 5.97 Å². The van der Waals surface area contributed by atoms with Gasteiger partial charge in [-0.15, -0.1) is 0 Å². The van der Waals surface area contributed by atoms with E-state index >= 15 is 0 Å². The molecule has 0 aromatic carbocycles. The summed E-state index contributed by atoms with van der Waals surface area (Å²) in [5.41, 5.74) is 5.01. The molecule has 0 bridgehead atoms. The third kappa shape index (κ3) is 3.29. The van der Waals surface area contributed by atoms with Crippen molar-refractivity contribution in [3.63, 3.8) is 0 Å². The molecule has 3 atom stereocenters. The predicted molar refractivity (Wildman–Crippen MR) is 75.9 cm³/mol. The van der Waals surface area contributed by atoms with Gasteiger partial charge in [-0.25, -0.2) is 0 Å². The van der Waals surface area contributed by atoms with E-state index in [1.807, 2.05) is 0 Å². The number of likely N-dealkylation sites (tertiary alicyclic amines) is 1. The van der Waals surface area contributed by atoms with Crippen molar-refractivity contribution in [3.8, 4) is 0 Å². The van der Waals surface area contributed by atoms with Gasteiger partial charge in [0, 0.05) is 6.04 Å². The van der Waals surface area contributed by atoms with Crippen molar-refractivity contribution in [1.82, 2.24) is 4.90 Å². The molecule has 0 radical (unpaired) electrons. The van der Waals surface area contributed by atoms with Gasteiger partial charge >= 0.3 is 5.97 Å². The highest BCUT2D eigenvalue weighted by molar-refractivity contribution is 5.79. The SMILES string of the molecule is CC(C)C1CCCN(C2CCC(N)(C(=O)O)C2)CC1. The van der Waals surface area contributed by atoms with E-state index in [0.717, 1.165) is 31.3 Å². The van der Waals surface area contributed by atoms with Crippen LogP contribution < -0.4 is 5.73 Å². The van der Waals surface area contributed by atoms with Gasteiger partial charge in [0.15, 0.2) is 0 Å². The zero-order chi connectivity index (χ0) is 14.0. The van der Waals surface area contributed by atoms with Crippen molar-refractivity contribution in [2.75, 3.05) is 13.1 Å². The molecule has 4 nitrogen and oxygen atoms in total. The number of nitrogens with two attached hydrogens (primary N) is 1. The lowest BCUT2D eigenvalue weighted by Crippen LogP contribution is -2.47. The Morgan fingerprint density at radius 1 is 1.32 bits per heavy atom. The highest BCUT2D eigenvalue weighted by atomic mass is 16.4. The molecule has 4 heteroatoms. The Labute approximate surface area is 116 Å². The first-order chi connectivity index (χ1) is 8.92. The third-order valence-electron chi connectivity index (χ3n) is 5.22. The van der Waals surface area contributed by atoms with Crippen LogP contribution in [0.5, 0.6) is 0 Å². The second-order valence-electron chi connectivity index (χ2n) is 6.83. The smallest absolute Gasteiger partial charge is 0.323 e. The molecular weight excluding hydrogens is 240 g/mol. The molecule has 0 aromatic heterocycles. The largest absolute Gasteiger partial charge is 0.480 e. The Kier molecular flexibility index (Phi) is 4.51. The molecule has 2 rings (SSSR count). The first kappa shape index (κ1) is 14.8. The molecule has 2 fully saturated rings. The Morgan fingerprint density at radius 2 is 2.05 bits per heavy atom. The monoisotopic (exact) mass is 268 g/mol. The number of aliphatic carboxylic acids is 1. The standard InChI is InChI=1S/C15H28N2O2/c1-11(2)12-4-3-8-17(9-6-12)13-5-7-15(16,10-13)14(18)19/h11-13H,3-10,16H2,1-2H3,(H,18,19). The summed E-state index contributed by atoms with van der Waals surface area (Å²) in [6.07, 6.45) is 5.98. The van der Waals surface area contributed by atoms with Crippen LogP contribution in [0, 0.1) is 11.8 Å². The van der Waals surface area contributed by atoms with Crippen molar-refractivity contribution < 1.29 is 9.90 Å². The number of hydrogen-bond acceptors (Lipinski definition) is 3. The average Bonchev–Trinajstić information content (AvgIpc) is 2.61. The van der Waals surface area contributed by atoms with Crippen LogP contribution in [-0.2, 0) is 4.79 Å². The summed E-state index contributed by atoms with van der Waals surface area (Å²) in [7, 11) is 0. The van der Waals surface area contributed by atoms with Crippen LogP contribution in [0.25, 0.3) is 0 Å². The van der Waals surface area contributed by atoms with Crippen LogP contribution in [0.4, 0.5) is 0 Å². The Balaban J connectivity index is 1.92. The molecule has 1 heterocycles. The molecule has 3 unspecified atom stereocenters. The van der Waals surface area contributed by atoms with Crippen LogP contribution in [-0.4, -0.2) is 40.6 Å². The number of hydrogen-bond donors (Lipinski definition) is 2. The molecule has 19 heavy (non-hydrogen) atoms. The maximum atomic E-state index is 11.2. The van der Waals surface area contributed by atoms with E-state index < -0.39 is 11.5 Å². The molecule has 110 valence electrons. The van der Waals surface area contributed by atoms with Gasteiger partial charge in [0.2, 0.25) is 0 Å². The number of carboxylic acid groups (broad SMARTS) is 1. The van der Waals surface area contributed by atoms with E-state index in [1.165, 1.54) is 19.3 Å². The minimum Gasteiger partial charge on any atom is -0.480 e. The second kappa shape index (κ2) is 5.80. The fourth-order valence-corrected chi connectivity index (χ4v) is 3.73. The van der Waals surface area contributed by atoms with Crippen LogP contribution in [0.3, 0.4) is 0 Å². The predicted octanol–water partition coefficient (Wildman–Crippen LogP) is 2.08. The fraction of sp³-hybridized carbons (Fsp3) is 0.933. The molecule has 1 aliphatic carbocycles. The van der Waals surface area contributed by atoms with Crippen LogP contribution in [0.2, 0.25) is 0 Å². The quantitative estimate of drug-likeness (QED) is 0.822. The Bertz CT molecular complexity index is 332. The van der Waals surface area contributed by atoms with Gasteiger partial charge in [0.05, 0.1) is 0 Å². The average molecular weight is 268 g/mol. The summed E-state index contributed by atoms with van der Waals surface area (Å²) >= 11 is 0. The van der Waals surface area contributed by atoms with Gasteiger partial charge in [-0.1, -0.05) is 13.8 Å². The lowest BCUT2D eigenvalue weighted by atomic mass is 9.89. The number of carboxylic acids is 1. The number of carbonyl (C=O) groups is 1. The molecule has 1 saturated carbocycles. The summed E-state index contributed by atoms with van der Waals surface area (Å²) in [4.78, 5) is 13.7. The van der Waals surface area contributed by atoms with Crippen molar-refractivity contribution in [1.29, 1.82) is 0 Å². The van der Waals surface area contributed by atoms with Gasteiger partial charge in [-0.3, -0.25) is 4.79 Å². The summed E-state index contributed by atoms with van der Waals surface area (Å²) in [6.45, 7) is 6.85. The van der Waals surface area contributed by atoms with E-state index in [2.05, 4.69) is 18.7 Å². The minimum absolute atomic E-state index is 0.381. The molecule has 2 aliphatic rings. The number of nitrogens with zero attached hydrogens (tertiary/aromatic N) is 1. The Hall–Kier alpha value is -0.610. The van der Waals surface area contributed by atoms with Crippen LogP contribution in [0.1, 0.15) is 52.4 Å². The first-order valence-corrected chi connectivity index (χ1v) is 7.69. The molecule has 0 spiro atoms. The van der Waals surface area contributed by atoms with E-state index in [0.29, 0.717) is 18.9 Å². The van der Waals surface area contributed by atoms with Crippen LogP contribution >= 0.6 is 0 Å². The third-order valence-corrected chi connectivity index (χ3v) is 5.22. The van der Waals surface area contributed by atoms with Crippen molar-refractivity contribution in [3.05, 3.63) is 0 Å². The molecular formula is C15H28N2O2. The highest BCUT2D eigenvalue weighted by Crippen LogP contribution is 2.34. The molecule has 1 aliphatic heterocycles. The van der Waals surface area contributed by atoms with Gasteiger partial charge in [-0.05, 0) is 63.5 Å². The molecule has 0 amide bonds. The summed E-state index contributed by atoms with van der Waals surface area (Å²) in [5, 5.41) is 9.22. The second-order valence-corrected chi connectivity index (χ2v) is 6.83. The zero-order valence-corrected chi connectivity index (χ0v) is 12.3. The van der Waals surface area contributed by atoms with Crippen LogP contribution in [0.15, 0.2) is 0 Å². The summed E-state index contributed by atoms with van der Waals surface area (Å²) in [6, 6.07) is 0.381. The summed E-state index contributed by atoms with van der Waals surface area (Å²) in [5.74, 6) is 0.759. The lowest BCUT2D eigenvalue weighted by Gasteiger charge is -2.28. The summed E-state index contributed by atoms with van der Waals surface area (Å²) < 4.78 is 0. The molecule has 1 saturated heterocycles. The van der Waals surface area contributed by atoms with E-state index in [9.17, 15) is 9.90 Å². The van der Waals surface area contributed by atoms with Crippen molar-refractivity contribution in [2.24, 2.45) is 17.6 Å². The number of rotatable bonds is 3. The van der Waals surface area contributed by atoms with Gasteiger partial charge < -0.3 is 15.7 Å². The van der Waals surface area contributed by atoms with Gasteiger partial charge in [-0.2, -0.15) is 0 Å². The lowest BCUT2D eigenvalue weighted by molar-refractivity contribution is -0.143. The van der Waals surface area contributed by atoms with E-state index in [1.54, 1.807) is 0 Å². The fourth-order valence-electron chi connectivity index (χ4n) is 3.73. The normalized spacial score (nSPS) is 37.5. The van der Waals surface area contributed by atoms with Gasteiger partial charge in [0.1, 0.15) is 5.54 Å². The minimum atomic E-state index is -0.978. The molecule has 3 N–H and O–H groups in total. The first-order valence-electron chi connectivity index (χ1n) is 7.69. The maximum Gasteiger partial charge on any atom is 0.323 e. The van der Waals surface area contributed by atoms with Crippen molar-refractivity contribution in [2.45, 2.75) is 64.0 Å². The Morgan fingerprint density at radius 3 is 2.63 bits per heavy atom. The molecule has 0 aromatic rings.